The first kappa shape index (κ1) is 21.9. The smallest absolute Gasteiger partial charge is 0.191 e. The zero-order chi connectivity index (χ0) is 19.2. The number of aliphatic imine (C=N–C) groups is 1. The molecular weight excluding hydrogens is 477 g/mol. The predicted octanol–water partition coefficient (Wildman–Crippen LogP) is 4.26. The summed E-state index contributed by atoms with van der Waals surface area (Å²) in [4.78, 5) is 4.76. The topological polar surface area (TPSA) is 54.9 Å². The highest BCUT2D eigenvalue weighted by molar-refractivity contribution is 14.0. The van der Waals surface area contributed by atoms with Gasteiger partial charge in [-0.05, 0) is 49.4 Å². The van der Waals surface area contributed by atoms with E-state index in [1.165, 1.54) is 12.0 Å². The minimum atomic E-state index is 0. The molecule has 2 aliphatic rings. The summed E-state index contributed by atoms with van der Waals surface area (Å²) in [5, 5.41) is 6.91. The van der Waals surface area contributed by atoms with Gasteiger partial charge in [-0.15, -0.1) is 24.0 Å². The van der Waals surface area contributed by atoms with Crippen LogP contribution in [0.5, 0.6) is 5.75 Å². The maximum Gasteiger partial charge on any atom is 0.191 e. The van der Waals surface area contributed by atoms with Crippen LogP contribution in [0.2, 0.25) is 0 Å². The Bertz CT molecular complexity index is 782. The first-order chi connectivity index (χ1) is 13.8. The van der Waals surface area contributed by atoms with Gasteiger partial charge in [0, 0.05) is 6.54 Å². The Morgan fingerprint density at radius 3 is 2.48 bits per heavy atom. The van der Waals surface area contributed by atoms with E-state index in [0.717, 1.165) is 36.7 Å². The van der Waals surface area contributed by atoms with Crippen molar-refractivity contribution in [2.75, 3.05) is 6.54 Å². The van der Waals surface area contributed by atoms with E-state index in [1.54, 1.807) is 0 Å². The van der Waals surface area contributed by atoms with E-state index < -0.39 is 0 Å². The van der Waals surface area contributed by atoms with Crippen molar-refractivity contribution in [3.8, 4) is 5.75 Å². The third-order valence-corrected chi connectivity index (χ3v) is 5.36. The van der Waals surface area contributed by atoms with Gasteiger partial charge in [-0.25, -0.2) is 4.99 Å². The summed E-state index contributed by atoms with van der Waals surface area (Å²) in [6.07, 6.45) is 4.24. The molecular formula is C23H30IN3O2. The van der Waals surface area contributed by atoms with E-state index in [-0.39, 0.29) is 24.0 Å². The zero-order valence-corrected chi connectivity index (χ0v) is 19.2. The van der Waals surface area contributed by atoms with Crippen LogP contribution in [0.25, 0.3) is 0 Å². The van der Waals surface area contributed by atoms with Crippen LogP contribution in [0, 0.1) is 0 Å². The molecule has 5 nitrogen and oxygen atoms in total. The average Bonchev–Trinajstić information content (AvgIpc) is 3.35. The quantitative estimate of drug-likeness (QED) is 0.334. The number of benzene rings is 2. The summed E-state index contributed by atoms with van der Waals surface area (Å²) in [5.41, 5.74) is 2.34. The molecule has 6 heteroatoms. The monoisotopic (exact) mass is 507 g/mol. The molecule has 0 radical (unpaired) electrons. The van der Waals surface area contributed by atoms with Gasteiger partial charge >= 0.3 is 0 Å². The van der Waals surface area contributed by atoms with Crippen LogP contribution in [0.15, 0.2) is 59.6 Å². The van der Waals surface area contributed by atoms with Gasteiger partial charge in [-0.1, -0.05) is 42.5 Å². The van der Waals surface area contributed by atoms with Crippen LogP contribution in [-0.4, -0.2) is 30.8 Å². The van der Waals surface area contributed by atoms with E-state index in [2.05, 4.69) is 41.8 Å². The minimum Gasteiger partial charge on any atom is -0.489 e. The maximum atomic E-state index is 5.94. The molecule has 2 heterocycles. The molecule has 156 valence electrons. The number of halogens is 1. The Balaban J connectivity index is 0.00000240. The van der Waals surface area contributed by atoms with Crippen LogP contribution in [-0.2, 0) is 17.9 Å². The minimum absolute atomic E-state index is 0. The fourth-order valence-corrected chi connectivity index (χ4v) is 3.88. The lowest BCUT2D eigenvalue weighted by atomic mass is 9.96. The lowest BCUT2D eigenvalue weighted by Gasteiger charge is -2.22. The van der Waals surface area contributed by atoms with Crippen LogP contribution in [0.4, 0.5) is 0 Å². The predicted molar refractivity (Wildman–Crippen MR) is 127 cm³/mol. The number of guanidine groups is 1. The van der Waals surface area contributed by atoms with Crippen LogP contribution < -0.4 is 15.4 Å². The number of para-hydroxylation sites is 1. The molecule has 0 aliphatic carbocycles. The number of rotatable bonds is 7. The fourth-order valence-electron chi connectivity index (χ4n) is 3.88. The van der Waals surface area contributed by atoms with Gasteiger partial charge in [0.2, 0.25) is 0 Å². The normalized spacial score (nSPS) is 22.8. The molecule has 2 N–H and O–H groups in total. The molecule has 2 bridgehead atoms. The van der Waals surface area contributed by atoms with Gasteiger partial charge in [-0.3, -0.25) is 0 Å². The third-order valence-electron chi connectivity index (χ3n) is 5.36. The van der Waals surface area contributed by atoms with Gasteiger partial charge < -0.3 is 20.1 Å². The van der Waals surface area contributed by atoms with Gasteiger partial charge in [-0.2, -0.15) is 0 Å². The highest BCUT2D eigenvalue weighted by Crippen LogP contribution is 2.34. The molecule has 0 amide bonds. The van der Waals surface area contributed by atoms with Crippen molar-refractivity contribution < 1.29 is 9.47 Å². The number of nitrogens with one attached hydrogen (secondary N) is 2. The summed E-state index contributed by atoms with van der Waals surface area (Å²) in [5.74, 6) is 1.77. The molecule has 2 aliphatic heterocycles. The van der Waals surface area contributed by atoms with Crippen molar-refractivity contribution in [3.63, 3.8) is 0 Å². The lowest BCUT2D eigenvalue weighted by Crippen LogP contribution is -2.47. The molecule has 3 unspecified atom stereocenters. The molecule has 4 rings (SSSR count). The number of hydrogen-bond acceptors (Lipinski definition) is 3. The second-order valence-electron chi connectivity index (χ2n) is 7.47. The fraction of sp³-hybridized carbons (Fsp3) is 0.435. The highest BCUT2D eigenvalue weighted by atomic mass is 127. The molecule has 2 aromatic rings. The first-order valence-electron chi connectivity index (χ1n) is 10.3. The summed E-state index contributed by atoms with van der Waals surface area (Å²) < 4.78 is 11.7. The molecule has 2 aromatic carbocycles. The van der Waals surface area contributed by atoms with Crippen molar-refractivity contribution >= 4 is 29.9 Å². The van der Waals surface area contributed by atoms with Gasteiger partial charge in [0.15, 0.2) is 5.96 Å². The standard InChI is InChI=1S/C23H29N3O2.HI/c1-2-24-23(26-21-14-20-12-13-22(21)28-20)25-15-17-8-10-18(11-9-17)16-27-19-6-4-3-5-7-19;/h3-11,20-22H,2,12-16H2,1H3,(H2,24,25,26);1H. The zero-order valence-electron chi connectivity index (χ0n) is 16.8. The summed E-state index contributed by atoms with van der Waals surface area (Å²) in [7, 11) is 0. The van der Waals surface area contributed by atoms with Crippen molar-refractivity contribution in [2.24, 2.45) is 4.99 Å². The molecule has 2 saturated heterocycles. The molecule has 0 aromatic heterocycles. The Kier molecular flexibility index (Phi) is 8.18. The van der Waals surface area contributed by atoms with E-state index >= 15 is 0 Å². The SMILES string of the molecule is CCNC(=NCc1ccc(COc2ccccc2)cc1)NC1CC2CCC1O2.I. The van der Waals surface area contributed by atoms with Crippen molar-refractivity contribution in [3.05, 3.63) is 65.7 Å². The third kappa shape index (κ3) is 6.09. The number of ether oxygens (including phenoxy) is 2. The Morgan fingerprint density at radius 2 is 1.83 bits per heavy atom. The molecule has 2 fully saturated rings. The van der Waals surface area contributed by atoms with Crippen LogP contribution >= 0.6 is 24.0 Å². The Hall–Kier alpha value is -1.80. The number of nitrogens with zero attached hydrogens (tertiary/aromatic N) is 1. The lowest BCUT2D eigenvalue weighted by molar-refractivity contribution is 0.0992. The van der Waals surface area contributed by atoms with Gasteiger partial charge in [0.1, 0.15) is 12.4 Å². The molecule has 29 heavy (non-hydrogen) atoms. The molecule has 0 spiro atoms. The number of hydrogen-bond donors (Lipinski definition) is 2. The molecule has 3 atom stereocenters. The first-order valence-corrected chi connectivity index (χ1v) is 10.3. The van der Waals surface area contributed by atoms with E-state index in [1.807, 2.05) is 30.3 Å². The van der Waals surface area contributed by atoms with Crippen LogP contribution in [0.1, 0.15) is 37.3 Å². The largest absolute Gasteiger partial charge is 0.489 e. The van der Waals surface area contributed by atoms with Gasteiger partial charge in [0.05, 0.1) is 24.8 Å². The van der Waals surface area contributed by atoms with Crippen molar-refractivity contribution in [2.45, 2.75) is 57.6 Å². The molecule has 0 saturated carbocycles. The summed E-state index contributed by atoms with van der Waals surface area (Å²) >= 11 is 0. The summed E-state index contributed by atoms with van der Waals surface area (Å²) in [6, 6.07) is 18.7. The van der Waals surface area contributed by atoms with E-state index in [9.17, 15) is 0 Å². The second-order valence-corrected chi connectivity index (χ2v) is 7.47. The Morgan fingerprint density at radius 1 is 1.07 bits per heavy atom. The second kappa shape index (κ2) is 10.8. The van der Waals surface area contributed by atoms with E-state index in [0.29, 0.717) is 31.4 Å². The average molecular weight is 507 g/mol. The van der Waals surface area contributed by atoms with E-state index in [4.69, 9.17) is 14.5 Å². The maximum absolute atomic E-state index is 5.94. The highest BCUT2D eigenvalue weighted by Gasteiger charge is 2.41. The van der Waals surface area contributed by atoms with Gasteiger partial charge in [0.25, 0.3) is 0 Å². The van der Waals surface area contributed by atoms with Crippen molar-refractivity contribution in [1.29, 1.82) is 0 Å². The van der Waals surface area contributed by atoms with Crippen molar-refractivity contribution in [1.82, 2.24) is 10.6 Å². The number of fused-ring (bicyclic) bond motifs is 2. The summed E-state index contributed by atoms with van der Waals surface area (Å²) in [6.45, 7) is 4.16. The Labute approximate surface area is 190 Å². The van der Waals surface area contributed by atoms with Crippen LogP contribution in [0.3, 0.4) is 0 Å².